The summed E-state index contributed by atoms with van der Waals surface area (Å²) in [6, 6.07) is 2.69. The zero-order chi connectivity index (χ0) is 28.3. The van der Waals surface area contributed by atoms with Gasteiger partial charge in [-0.1, -0.05) is 32.4 Å². The van der Waals surface area contributed by atoms with Crippen molar-refractivity contribution in [2.24, 2.45) is 11.3 Å². The van der Waals surface area contributed by atoms with Gasteiger partial charge in [0.2, 0.25) is 5.91 Å². The lowest BCUT2D eigenvalue weighted by molar-refractivity contribution is -0.140. The number of rotatable bonds is 4. The number of aliphatic hydroxyl groups is 1. The van der Waals surface area contributed by atoms with Crippen molar-refractivity contribution in [3.8, 4) is 11.4 Å². The van der Waals surface area contributed by atoms with Crippen LogP contribution in [0.25, 0.3) is 22.3 Å². The molecule has 2 aromatic heterocycles. The third kappa shape index (κ3) is 3.26. The van der Waals surface area contributed by atoms with Crippen molar-refractivity contribution in [1.82, 2.24) is 14.9 Å². The van der Waals surface area contributed by atoms with Crippen LogP contribution < -0.4 is 10.9 Å². The lowest BCUT2D eigenvalue weighted by Gasteiger charge is -2.32. The van der Waals surface area contributed by atoms with E-state index in [4.69, 9.17) is 16.6 Å². The predicted octanol–water partition coefficient (Wildman–Crippen LogP) is 4.87. The van der Waals surface area contributed by atoms with Gasteiger partial charge in [-0.3, -0.25) is 14.4 Å². The molecule has 3 aliphatic carbocycles. The molecule has 1 amide bonds. The molecule has 0 unspecified atom stereocenters. The number of carbonyl (C=O) groups excluding carboxylic acids is 2. The van der Waals surface area contributed by atoms with E-state index in [1.165, 1.54) is 6.07 Å². The van der Waals surface area contributed by atoms with Crippen molar-refractivity contribution >= 4 is 34.2 Å². The average Bonchev–Trinajstić information content (AvgIpc) is 3.67. The number of aromatic nitrogens is 2. The normalized spacial score (nSPS) is 23.7. The van der Waals surface area contributed by atoms with Crippen molar-refractivity contribution in [2.45, 2.75) is 83.9 Å². The van der Waals surface area contributed by atoms with Gasteiger partial charge < -0.3 is 15.0 Å². The lowest BCUT2D eigenvalue weighted by Crippen LogP contribution is -2.43. The van der Waals surface area contributed by atoms with E-state index in [9.17, 15) is 23.9 Å². The molecule has 1 fully saturated rings. The summed E-state index contributed by atoms with van der Waals surface area (Å²) in [6.07, 6.45) is 3.29. The Kier molecular flexibility index (Phi) is 5.46. The van der Waals surface area contributed by atoms with Gasteiger partial charge in [0.15, 0.2) is 5.78 Å². The number of nitrogens with one attached hydrogen (secondary N) is 1. The number of hydrogen-bond donors (Lipinski definition) is 2. The number of hydrogen-bond acceptors (Lipinski definition) is 5. The molecule has 0 saturated heterocycles. The van der Waals surface area contributed by atoms with Gasteiger partial charge in [-0.05, 0) is 61.6 Å². The minimum atomic E-state index is -1.73. The van der Waals surface area contributed by atoms with Crippen molar-refractivity contribution in [3.05, 3.63) is 61.1 Å². The van der Waals surface area contributed by atoms with Gasteiger partial charge in [0.1, 0.15) is 11.4 Å². The second-order valence-electron chi connectivity index (χ2n) is 12.2. The van der Waals surface area contributed by atoms with Crippen LogP contribution in [0.2, 0.25) is 5.02 Å². The highest BCUT2D eigenvalue weighted by Crippen LogP contribution is 2.53. The summed E-state index contributed by atoms with van der Waals surface area (Å²) in [5.41, 5.74) is 2.16. The Labute approximate surface area is 235 Å². The first kappa shape index (κ1) is 25.8. The van der Waals surface area contributed by atoms with Crippen LogP contribution in [-0.2, 0) is 34.6 Å². The number of benzene rings is 1. The quantitative estimate of drug-likeness (QED) is 0.369. The number of pyridine rings is 2. The maximum absolute atomic E-state index is 15.0. The van der Waals surface area contributed by atoms with Crippen LogP contribution in [0.1, 0.15) is 86.7 Å². The molecule has 3 aromatic rings. The number of ketones is 1. The monoisotopic (exact) mass is 563 g/mol. The molecule has 2 atom stereocenters. The van der Waals surface area contributed by atoms with Gasteiger partial charge in [-0.25, -0.2) is 9.37 Å². The minimum absolute atomic E-state index is 0.0255. The lowest BCUT2D eigenvalue weighted by atomic mass is 9.77. The first-order valence-corrected chi connectivity index (χ1v) is 14.6. The second kappa shape index (κ2) is 8.46. The van der Waals surface area contributed by atoms with Gasteiger partial charge in [0.25, 0.3) is 5.56 Å². The number of aryl methyl sites for hydroxylation is 1. The highest BCUT2D eigenvalue weighted by atomic mass is 35.5. The number of nitrogens with zero attached hydrogens (tertiary/aromatic N) is 2. The van der Waals surface area contributed by atoms with Crippen LogP contribution in [0, 0.1) is 17.2 Å². The summed E-state index contributed by atoms with van der Waals surface area (Å²) >= 11 is 6.46. The number of fused-ring (bicyclic) bond motifs is 5. The minimum Gasteiger partial charge on any atom is -0.377 e. The molecule has 4 aliphatic rings. The predicted molar refractivity (Wildman–Crippen MR) is 149 cm³/mol. The molecular weight excluding hydrogens is 533 g/mol. The first-order valence-electron chi connectivity index (χ1n) is 14.2. The Balaban J connectivity index is 1.46. The van der Waals surface area contributed by atoms with E-state index in [1.807, 2.05) is 0 Å². The Hall–Kier alpha value is -3.10. The van der Waals surface area contributed by atoms with E-state index in [1.54, 1.807) is 17.6 Å². The summed E-state index contributed by atoms with van der Waals surface area (Å²) in [6.45, 7) is 6.11. The largest absolute Gasteiger partial charge is 0.377 e. The van der Waals surface area contributed by atoms with Gasteiger partial charge in [-0.15, -0.1) is 0 Å². The number of amides is 1. The maximum Gasteiger partial charge on any atom is 0.254 e. The Morgan fingerprint density at radius 1 is 1.20 bits per heavy atom. The second-order valence-corrected chi connectivity index (χ2v) is 12.6. The SMILES string of the molecule is CC[C@@]1(O)C(=O)CCc2c1cc1n(c2=O)Cc2c-1nc1cc(F)c(Cl)c3c1c2[C@H](NC(=O)C1(C(C)C)CC1)CC3. The molecule has 208 valence electrons. The zero-order valence-corrected chi connectivity index (χ0v) is 23.5. The topological polar surface area (TPSA) is 101 Å². The molecule has 7 rings (SSSR count). The van der Waals surface area contributed by atoms with Crippen LogP contribution in [0.4, 0.5) is 4.39 Å². The van der Waals surface area contributed by atoms with E-state index in [2.05, 4.69) is 19.2 Å². The highest BCUT2D eigenvalue weighted by Gasteiger charge is 2.53. The van der Waals surface area contributed by atoms with Crippen molar-refractivity contribution in [1.29, 1.82) is 0 Å². The fourth-order valence-corrected chi connectivity index (χ4v) is 7.63. The van der Waals surface area contributed by atoms with Crippen LogP contribution in [-0.4, -0.2) is 26.3 Å². The molecule has 7 nitrogen and oxygen atoms in total. The fraction of sp³-hybridized carbons (Fsp3) is 0.484. The molecule has 40 heavy (non-hydrogen) atoms. The standard InChI is InChI=1S/C31H31ClFN3O4/c1-4-31(40)18-11-22-27-17(13-36(22)28(38)15(18)6-8-23(31)37)25-20(35-29(39)30(9-10-30)14(2)3)7-5-16-24(25)21(34-27)12-19(33)26(16)32/h11-12,14,20,40H,4-10,13H2,1-3H3,(H,35,39)/t20-,31+/m1/s1. The molecule has 3 heterocycles. The zero-order valence-electron chi connectivity index (χ0n) is 22.8. The molecule has 0 spiro atoms. The van der Waals surface area contributed by atoms with Crippen LogP contribution in [0.3, 0.4) is 0 Å². The summed E-state index contributed by atoms with van der Waals surface area (Å²) in [7, 11) is 0. The molecule has 1 saturated carbocycles. The molecule has 0 radical (unpaired) electrons. The van der Waals surface area contributed by atoms with Crippen LogP contribution >= 0.6 is 11.6 Å². The van der Waals surface area contributed by atoms with Crippen LogP contribution in [0.15, 0.2) is 16.9 Å². The van der Waals surface area contributed by atoms with Gasteiger partial charge in [0, 0.05) is 34.6 Å². The third-order valence-electron chi connectivity index (χ3n) is 10.1. The number of halogens is 2. The molecular formula is C31H31ClFN3O4. The molecule has 9 heteroatoms. The number of carbonyl (C=O) groups is 2. The van der Waals surface area contributed by atoms with Gasteiger partial charge in [0.05, 0.1) is 39.9 Å². The van der Waals surface area contributed by atoms with E-state index < -0.39 is 11.4 Å². The summed E-state index contributed by atoms with van der Waals surface area (Å²) in [5, 5.41) is 15.4. The number of Topliss-reactive ketones (excluding diaryl/α,β-unsaturated/α-hetero) is 1. The Morgan fingerprint density at radius 2 is 1.95 bits per heavy atom. The molecule has 2 N–H and O–H groups in total. The van der Waals surface area contributed by atoms with Crippen molar-refractivity contribution in [3.63, 3.8) is 0 Å². The summed E-state index contributed by atoms with van der Waals surface area (Å²) < 4.78 is 16.6. The van der Waals surface area contributed by atoms with Gasteiger partial charge in [-0.2, -0.15) is 0 Å². The smallest absolute Gasteiger partial charge is 0.254 e. The van der Waals surface area contributed by atoms with E-state index in [0.29, 0.717) is 46.4 Å². The first-order chi connectivity index (χ1) is 19.0. The van der Waals surface area contributed by atoms with Crippen LogP contribution in [0.5, 0.6) is 0 Å². The van der Waals surface area contributed by atoms with E-state index in [-0.39, 0.29) is 65.5 Å². The summed E-state index contributed by atoms with van der Waals surface area (Å²) in [4.78, 5) is 45.0. The van der Waals surface area contributed by atoms with E-state index >= 15 is 0 Å². The molecule has 1 aliphatic heterocycles. The van der Waals surface area contributed by atoms with Crippen molar-refractivity contribution < 1.29 is 19.1 Å². The molecule has 0 bridgehead atoms. The maximum atomic E-state index is 15.0. The molecule has 1 aromatic carbocycles. The van der Waals surface area contributed by atoms with E-state index in [0.717, 1.165) is 29.4 Å². The third-order valence-corrected chi connectivity index (χ3v) is 10.5. The fourth-order valence-electron chi connectivity index (χ4n) is 7.39. The highest BCUT2D eigenvalue weighted by molar-refractivity contribution is 6.32. The summed E-state index contributed by atoms with van der Waals surface area (Å²) in [5.74, 6) is -0.620. The van der Waals surface area contributed by atoms with Gasteiger partial charge >= 0.3 is 0 Å². The average molecular weight is 564 g/mol. The van der Waals surface area contributed by atoms with Crippen molar-refractivity contribution in [2.75, 3.05) is 0 Å². The Morgan fingerprint density at radius 3 is 2.62 bits per heavy atom. The Bertz CT molecular complexity index is 1740.